The molecular formula is C13H14N2O2. The van der Waals surface area contributed by atoms with Crippen molar-refractivity contribution >= 4 is 5.69 Å². The normalized spacial score (nSPS) is 15.2. The van der Waals surface area contributed by atoms with Gasteiger partial charge in [-0.2, -0.15) is 0 Å². The van der Waals surface area contributed by atoms with Gasteiger partial charge < -0.3 is 4.90 Å². The number of rotatable bonds is 3. The van der Waals surface area contributed by atoms with Crippen molar-refractivity contribution < 1.29 is 4.92 Å². The van der Waals surface area contributed by atoms with Crippen LogP contribution in [0.5, 0.6) is 0 Å². The van der Waals surface area contributed by atoms with Gasteiger partial charge >= 0.3 is 0 Å². The number of nitro groups is 1. The molecule has 0 spiro atoms. The van der Waals surface area contributed by atoms with E-state index in [0.29, 0.717) is 0 Å². The van der Waals surface area contributed by atoms with Crippen LogP contribution in [0, 0.1) is 10.1 Å². The molecule has 0 unspecified atom stereocenters. The number of hydrogen-bond acceptors (Lipinski definition) is 3. The second-order valence-electron chi connectivity index (χ2n) is 3.89. The van der Waals surface area contributed by atoms with Crippen LogP contribution in [0.2, 0.25) is 0 Å². The summed E-state index contributed by atoms with van der Waals surface area (Å²) in [5, 5.41) is 10.5. The van der Waals surface area contributed by atoms with Crippen molar-refractivity contribution in [1.29, 1.82) is 0 Å². The molecular weight excluding hydrogens is 216 g/mol. The van der Waals surface area contributed by atoms with Crippen molar-refractivity contribution in [2.24, 2.45) is 0 Å². The second-order valence-corrected chi connectivity index (χ2v) is 3.89. The zero-order chi connectivity index (χ0) is 12.3. The number of benzene rings is 1. The van der Waals surface area contributed by atoms with E-state index < -0.39 is 0 Å². The molecule has 0 N–H and O–H groups in total. The Balaban J connectivity index is 2.14. The van der Waals surface area contributed by atoms with Gasteiger partial charge in [0.2, 0.25) is 0 Å². The Labute approximate surface area is 100 Å². The predicted molar refractivity (Wildman–Crippen MR) is 66.5 cm³/mol. The number of allylic oxidation sites excluding steroid dienone is 2. The lowest BCUT2D eigenvalue weighted by Gasteiger charge is -2.20. The van der Waals surface area contributed by atoms with Gasteiger partial charge in [-0.25, -0.2) is 0 Å². The van der Waals surface area contributed by atoms with Crippen molar-refractivity contribution in [3.8, 4) is 0 Å². The highest BCUT2D eigenvalue weighted by molar-refractivity contribution is 5.38. The van der Waals surface area contributed by atoms with Gasteiger partial charge in [-0.3, -0.25) is 10.1 Å². The predicted octanol–water partition coefficient (Wildman–Crippen LogP) is 3.04. The lowest BCUT2D eigenvalue weighted by Crippen LogP contribution is -2.12. The van der Waals surface area contributed by atoms with Crippen LogP contribution < -0.4 is 0 Å². The van der Waals surface area contributed by atoms with Gasteiger partial charge in [-0.1, -0.05) is 24.3 Å². The molecule has 0 saturated heterocycles. The Bertz CT molecular complexity index is 449. The minimum atomic E-state index is -0.380. The average Bonchev–Trinajstić information content (AvgIpc) is 2.39. The fourth-order valence-electron chi connectivity index (χ4n) is 1.77. The van der Waals surface area contributed by atoms with E-state index in [4.69, 9.17) is 0 Å². The molecule has 1 heterocycles. The van der Waals surface area contributed by atoms with Gasteiger partial charge in [0.05, 0.1) is 4.92 Å². The maximum atomic E-state index is 10.5. The number of non-ortho nitro benzene ring substituents is 1. The molecule has 0 aliphatic carbocycles. The molecule has 0 fully saturated rings. The Morgan fingerprint density at radius 2 is 1.82 bits per heavy atom. The quantitative estimate of drug-likeness (QED) is 0.592. The number of nitrogens with zero attached hydrogens (tertiary/aromatic N) is 2. The molecule has 1 aliphatic heterocycles. The van der Waals surface area contributed by atoms with Crippen LogP contribution in [0.4, 0.5) is 5.69 Å². The zero-order valence-electron chi connectivity index (χ0n) is 9.61. The van der Waals surface area contributed by atoms with Crippen LogP contribution in [-0.2, 0) is 0 Å². The van der Waals surface area contributed by atoms with Crippen molar-refractivity contribution in [2.75, 3.05) is 6.54 Å². The Kier molecular flexibility index (Phi) is 3.23. The summed E-state index contributed by atoms with van der Waals surface area (Å²) in [6.45, 7) is 3.03. The summed E-state index contributed by atoms with van der Waals surface area (Å²) < 4.78 is 0. The molecule has 0 radical (unpaired) electrons. The molecule has 0 saturated carbocycles. The first-order chi connectivity index (χ1) is 8.20. The fraction of sp³-hybridized carbons (Fsp3) is 0.231. The third-order valence-corrected chi connectivity index (χ3v) is 2.82. The van der Waals surface area contributed by atoms with E-state index in [1.807, 2.05) is 12.4 Å². The third-order valence-electron chi connectivity index (χ3n) is 2.82. The minimum absolute atomic E-state index is 0.132. The van der Waals surface area contributed by atoms with Gasteiger partial charge in [-0.15, -0.1) is 0 Å². The summed E-state index contributed by atoms with van der Waals surface area (Å²) in [6.07, 6.45) is 8.24. The van der Waals surface area contributed by atoms with Crippen LogP contribution in [0.25, 0.3) is 0 Å². The Morgan fingerprint density at radius 3 is 2.29 bits per heavy atom. The molecule has 1 aliphatic rings. The van der Waals surface area contributed by atoms with E-state index in [1.165, 1.54) is 0 Å². The molecule has 17 heavy (non-hydrogen) atoms. The largest absolute Gasteiger partial charge is 0.355 e. The topological polar surface area (TPSA) is 46.4 Å². The molecule has 0 amide bonds. The average molecular weight is 230 g/mol. The lowest BCUT2D eigenvalue weighted by molar-refractivity contribution is -0.384. The second kappa shape index (κ2) is 4.82. The molecule has 2 rings (SSSR count). The van der Waals surface area contributed by atoms with Gasteiger partial charge in [0.15, 0.2) is 0 Å². The van der Waals surface area contributed by atoms with Gasteiger partial charge in [0.25, 0.3) is 5.69 Å². The molecule has 1 aromatic carbocycles. The van der Waals surface area contributed by atoms with Crippen molar-refractivity contribution in [3.05, 3.63) is 64.5 Å². The van der Waals surface area contributed by atoms with E-state index in [0.717, 1.165) is 12.1 Å². The van der Waals surface area contributed by atoms with E-state index in [-0.39, 0.29) is 16.5 Å². The third kappa shape index (κ3) is 2.53. The van der Waals surface area contributed by atoms with Crippen molar-refractivity contribution in [2.45, 2.75) is 12.8 Å². The molecule has 1 aromatic rings. The Hall–Kier alpha value is -2.10. The van der Waals surface area contributed by atoms with Crippen LogP contribution in [0.15, 0.2) is 48.8 Å². The van der Waals surface area contributed by atoms with Gasteiger partial charge in [0, 0.05) is 37.0 Å². The van der Waals surface area contributed by atoms with E-state index in [9.17, 15) is 10.1 Å². The SMILES string of the molecule is CCN1C=CC(c2ccc([N+](=O)[O-])cc2)C=C1. The summed E-state index contributed by atoms with van der Waals surface area (Å²) in [5.74, 6) is 0.207. The lowest BCUT2D eigenvalue weighted by atomic mass is 9.97. The number of hydrogen-bond donors (Lipinski definition) is 0. The summed E-state index contributed by atoms with van der Waals surface area (Å²) in [7, 11) is 0. The van der Waals surface area contributed by atoms with Gasteiger partial charge in [-0.05, 0) is 12.5 Å². The summed E-state index contributed by atoms with van der Waals surface area (Å²) in [6, 6.07) is 6.70. The summed E-state index contributed by atoms with van der Waals surface area (Å²) in [5.41, 5.74) is 1.20. The maximum absolute atomic E-state index is 10.5. The van der Waals surface area contributed by atoms with E-state index in [1.54, 1.807) is 24.3 Å². The molecule has 4 heteroatoms. The summed E-state index contributed by atoms with van der Waals surface area (Å²) in [4.78, 5) is 12.2. The van der Waals surface area contributed by atoms with Crippen molar-refractivity contribution in [1.82, 2.24) is 4.90 Å². The molecule has 0 atom stereocenters. The monoisotopic (exact) mass is 230 g/mol. The highest BCUT2D eigenvalue weighted by atomic mass is 16.6. The molecule has 88 valence electrons. The first-order valence-electron chi connectivity index (χ1n) is 5.57. The number of nitro benzene ring substituents is 1. The van der Waals surface area contributed by atoms with E-state index >= 15 is 0 Å². The smallest absolute Gasteiger partial charge is 0.269 e. The van der Waals surface area contributed by atoms with Crippen LogP contribution in [0.1, 0.15) is 18.4 Å². The van der Waals surface area contributed by atoms with E-state index in [2.05, 4.69) is 24.0 Å². The first-order valence-corrected chi connectivity index (χ1v) is 5.57. The van der Waals surface area contributed by atoms with Gasteiger partial charge in [0.1, 0.15) is 0 Å². The highest BCUT2D eigenvalue weighted by Crippen LogP contribution is 2.24. The Morgan fingerprint density at radius 1 is 1.24 bits per heavy atom. The van der Waals surface area contributed by atoms with Crippen LogP contribution in [0.3, 0.4) is 0 Å². The first kappa shape index (κ1) is 11.4. The zero-order valence-corrected chi connectivity index (χ0v) is 9.61. The molecule has 4 nitrogen and oxygen atoms in total. The fourth-order valence-corrected chi connectivity index (χ4v) is 1.77. The minimum Gasteiger partial charge on any atom is -0.355 e. The van der Waals surface area contributed by atoms with Crippen molar-refractivity contribution in [3.63, 3.8) is 0 Å². The molecule has 0 bridgehead atoms. The van der Waals surface area contributed by atoms with Crippen LogP contribution in [-0.4, -0.2) is 16.4 Å². The summed E-state index contributed by atoms with van der Waals surface area (Å²) >= 11 is 0. The molecule has 0 aromatic heterocycles. The highest BCUT2D eigenvalue weighted by Gasteiger charge is 2.10. The maximum Gasteiger partial charge on any atom is 0.269 e. The standard InChI is InChI=1S/C13H14N2O2/c1-2-14-9-7-12(8-10-14)11-3-5-13(6-4-11)15(16)17/h3-10,12H,2H2,1H3. The van der Waals surface area contributed by atoms with Crippen LogP contribution >= 0.6 is 0 Å².